The fourth-order valence-corrected chi connectivity index (χ4v) is 4.87. The van der Waals surface area contributed by atoms with Crippen LogP contribution >= 0.6 is 38.9 Å². The van der Waals surface area contributed by atoms with Crippen LogP contribution in [0.25, 0.3) is 0 Å². The predicted molar refractivity (Wildman–Crippen MR) is 91.7 cm³/mol. The highest BCUT2D eigenvalue weighted by atomic mass is 79.9. The molecule has 0 atom stereocenters. The van der Waals surface area contributed by atoms with Crippen LogP contribution < -0.4 is 10.0 Å². The van der Waals surface area contributed by atoms with Crippen LogP contribution in [0.1, 0.15) is 11.8 Å². The van der Waals surface area contributed by atoms with E-state index in [0.29, 0.717) is 26.6 Å². The summed E-state index contributed by atoms with van der Waals surface area (Å²) < 4.78 is 28.1. The molecule has 0 aliphatic carbocycles. The highest BCUT2D eigenvalue weighted by Gasteiger charge is 2.21. The molecule has 1 aromatic heterocycles. The van der Waals surface area contributed by atoms with Crippen LogP contribution in [-0.4, -0.2) is 15.0 Å². The SMILES string of the molecule is CCNCc1sccc1S(=O)(=O)Nc1cccc(Cl)c1Br. The van der Waals surface area contributed by atoms with Gasteiger partial charge in [-0.1, -0.05) is 24.6 Å². The minimum absolute atomic E-state index is 0.292. The van der Waals surface area contributed by atoms with E-state index in [4.69, 9.17) is 11.6 Å². The van der Waals surface area contributed by atoms with E-state index in [-0.39, 0.29) is 0 Å². The number of sulfonamides is 1. The lowest BCUT2D eigenvalue weighted by atomic mass is 10.3. The molecule has 2 aromatic rings. The number of hydrogen-bond acceptors (Lipinski definition) is 4. The fourth-order valence-electron chi connectivity index (χ4n) is 1.72. The van der Waals surface area contributed by atoms with Crippen LogP contribution in [0.15, 0.2) is 39.0 Å². The molecule has 0 amide bonds. The van der Waals surface area contributed by atoms with Crippen LogP contribution in [0, 0.1) is 0 Å². The highest BCUT2D eigenvalue weighted by Crippen LogP contribution is 2.32. The third-order valence-electron chi connectivity index (χ3n) is 2.73. The lowest BCUT2D eigenvalue weighted by Crippen LogP contribution is -2.17. The first-order valence-electron chi connectivity index (χ1n) is 6.19. The topological polar surface area (TPSA) is 58.2 Å². The summed E-state index contributed by atoms with van der Waals surface area (Å²) in [6.45, 7) is 3.29. The van der Waals surface area contributed by atoms with E-state index < -0.39 is 10.0 Å². The number of rotatable bonds is 6. The molecule has 1 aromatic carbocycles. The van der Waals surface area contributed by atoms with Crippen molar-refractivity contribution in [1.82, 2.24) is 5.32 Å². The molecular formula is C13H14BrClN2O2S2. The van der Waals surface area contributed by atoms with Crippen LogP contribution in [0.4, 0.5) is 5.69 Å². The Balaban J connectivity index is 2.30. The molecule has 1 heterocycles. The second-order valence-electron chi connectivity index (χ2n) is 4.20. The first-order chi connectivity index (χ1) is 9.95. The van der Waals surface area contributed by atoms with E-state index >= 15 is 0 Å². The largest absolute Gasteiger partial charge is 0.312 e. The molecule has 2 N–H and O–H groups in total. The zero-order valence-electron chi connectivity index (χ0n) is 11.2. The zero-order chi connectivity index (χ0) is 15.5. The van der Waals surface area contributed by atoms with Gasteiger partial charge >= 0.3 is 0 Å². The molecule has 0 unspecified atom stereocenters. The van der Waals surface area contributed by atoms with Crippen molar-refractivity contribution in [2.24, 2.45) is 0 Å². The van der Waals surface area contributed by atoms with Crippen molar-refractivity contribution < 1.29 is 8.42 Å². The molecule has 8 heteroatoms. The Morgan fingerprint density at radius 1 is 1.33 bits per heavy atom. The van der Waals surface area contributed by atoms with Gasteiger partial charge in [-0.2, -0.15) is 0 Å². The Morgan fingerprint density at radius 3 is 2.81 bits per heavy atom. The number of benzene rings is 1. The molecule has 0 radical (unpaired) electrons. The summed E-state index contributed by atoms with van der Waals surface area (Å²) >= 11 is 10.7. The van der Waals surface area contributed by atoms with Gasteiger partial charge in [0.05, 0.1) is 15.2 Å². The molecule has 0 saturated carbocycles. The number of hydrogen-bond donors (Lipinski definition) is 2. The quantitative estimate of drug-likeness (QED) is 0.756. The Bertz CT molecular complexity index is 732. The van der Waals surface area contributed by atoms with E-state index in [1.165, 1.54) is 11.3 Å². The molecule has 114 valence electrons. The lowest BCUT2D eigenvalue weighted by molar-refractivity contribution is 0.599. The van der Waals surface area contributed by atoms with Crippen molar-refractivity contribution >= 4 is 54.6 Å². The Kier molecular flexibility index (Phi) is 5.67. The van der Waals surface area contributed by atoms with E-state index in [0.717, 1.165) is 11.4 Å². The monoisotopic (exact) mass is 408 g/mol. The summed E-state index contributed by atoms with van der Waals surface area (Å²) in [7, 11) is -3.64. The first-order valence-corrected chi connectivity index (χ1v) is 9.73. The average Bonchev–Trinajstić information content (AvgIpc) is 2.91. The zero-order valence-corrected chi connectivity index (χ0v) is 15.2. The molecule has 0 bridgehead atoms. The van der Waals surface area contributed by atoms with Gasteiger partial charge in [0.1, 0.15) is 4.90 Å². The van der Waals surface area contributed by atoms with Crippen molar-refractivity contribution in [2.75, 3.05) is 11.3 Å². The summed E-state index contributed by atoms with van der Waals surface area (Å²) in [6, 6.07) is 6.64. The highest BCUT2D eigenvalue weighted by molar-refractivity contribution is 9.10. The molecular weight excluding hydrogens is 396 g/mol. The molecule has 21 heavy (non-hydrogen) atoms. The van der Waals surface area contributed by atoms with Crippen LogP contribution in [0.5, 0.6) is 0 Å². The van der Waals surface area contributed by atoms with Crippen molar-refractivity contribution in [1.29, 1.82) is 0 Å². The Morgan fingerprint density at radius 2 is 2.10 bits per heavy atom. The third kappa shape index (κ3) is 3.98. The van der Waals surface area contributed by atoms with Gasteiger partial charge in [0.2, 0.25) is 0 Å². The van der Waals surface area contributed by atoms with Crippen LogP contribution in [-0.2, 0) is 16.6 Å². The van der Waals surface area contributed by atoms with Gasteiger partial charge in [0.25, 0.3) is 10.0 Å². The van der Waals surface area contributed by atoms with Gasteiger partial charge in [-0.3, -0.25) is 4.72 Å². The van der Waals surface area contributed by atoms with Crippen molar-refractivity contribution in [2.45, 2.75) is 18.4 Å². The summed E-state index contributed by atoms with van der Waals surface area (Å²) in [4.78, 5) is 1.07. The standard InChI is InChI=1S/C13H14BrClN2O2S2/c1-2-16-8-11-12(6-7-20-11)21(18,19)17-10-5-3-4-9(15)13(10)14/h3-7,16-17H,2,8H2,1H3. The summed E-state index contributed by atoms with van der Waals surface area (Å²) in [5.74, 6) is 0. The first kappa shape index (κ1) is 16.8. The van der Waals surface area contributed by atoms with Gasteiger partial charge in [0, 0.05) is 11.4 Å². The normalized spacial score (nSPS) is 11.6. The number of halogens is 2. The van der Waals surface area contributed by atoms with Crippen LogP contribution in [0.3, 0.4) is 0 Å². The number of nitrogens with one attached hydrogen (secondary N) is 2. The molecule has 0 aliphatic heterocycles. The summed E-state index contributed by atoms with van der Waals surface area (Å²) in [6.07, 6.45) is 0. The molecule has 0 saturated heterocycles. The Hall–Kier alpha value is -0.600. The molecule has 4 nitrogen and oxygen atoms in total. The third-order valence-corrected chi connectivity index (χ3v) is 6.62. The maximum atomic E-state index is 12.5. The number of thiophene rings is 1. The minimum atomic E-state index is -3.64. The van der Waals surface area contributed by atoms with Gasteiger partial charge in [0.15, 0.2) is 0 Å². The second-order valence-corrected chi connectivity index (χ2v) is 8.05. The van der Waals surface area contributed by atoms with E-state index in [2.05, 4.69) is 26.0 Å². The van der Waals surface area contributed by atoms with E-state index in [1.54, 1.807) is 29.6 Å². The summed E-state index contributed by atoms with van der Waals surface area (Å²) in [5.41, 5.74) is 0.420. The van der Waals surface area contributed by atoms with Crippen molar-refractivity contribution in [3.05, 3.63) is 44.0 Å². The van der Waals surface area contributed by atoms with Gasteiger partial charge in [-0.25, -0.2) is 8.42 Å². The average molecular weight is 410 g/mol. The van der Waals surface area contributed by atoms with Crippen molar-refractivity contribution in [3.63, 3.8) is 0 Å². The maximum absolute atomic E-state index is 12.5. The number of anilines is 1. The molecule has 0 aliphatic rings. The fraction of sp³-hybridized carbons (Fsp3) is 0.231. The second kappa shape index (κ2) is 7.11. The van der Waals surface area contributed by atoms with Crippen molar-refractivity contribution in [3.8, 4) is 0 Å². The van der Waals surface area contributed by atoms with Gasteiger partial charge < -0.3 is 5.32 Å². The smallest absolute Gasteiger partial charge is 0.263 e. The predicted octanol–water partition coefficient (Wildman–Crippen LogP) is 4.07. The molecule has 0 fully saturated rings. The van der Waals surface area contributed by atoms with Crippen LogP contribution in [0.2, 0.25) is 5.02 Å². The van der Waals surface area contributed by atoms with E-state index in [9.17, 15) is 8.42 Å². The molecule has 0 spiro atoms. The molecule has 2 rings (SSSR count). The maximum Gasteiger partial charge on any atom is 0.263 e. The lowest BCUT2D eigenvalue weighted by Gasteiger charge is -2.11. The van der Waals surface area contributed by atoms with E-state index in [1.807, 2.05) is 6.92 Å². The minimum Gasteiger partial charge on any atom is -0.312 e. The Labute approximate surface area is 141 Å². The van der Waals surface area contributed by atoms with Gasteiger partial charge in [-0.15, -0.1) is 11.3 Å². The summed E-state index contributed by atoms with van der Waals surface area (Å²) in [5, 5.41) is 5.36. The van der Waals surface area contributed by atoms with Gasteiger partial charge in [-0.05, 0) is 46.1 Å².